The molecule has 2 heterocycles. The molecular formula is C15H9N2O. The lowest BCUT2D eigenvalue weighted by Gasteiger charge is -2.04. The highest BCUT2D eigenvalue weighted by Gasteiger charge is 2.10. The topological polar surface area (TPSA) is 41.8 Å². The van der Waals surface area contributed by atoms with Crippen molar-refractivity contribution in [2.75, 3.05) is 0 Å². The summed E-state index contributed by atoms with van der Waals surface area (Å²) in [6.07, 6.45) is 4.50. The maximum atomic E-state index is 5.23. The lowest BCUT2D eigenvalue weighted by Crippen LogP contribution is -1.82. The Morgan fingerprint density at radius 1 is 1.00 bits per heavy atom. The summed E-state index contributed by atoms with van der Waals surface area (Å²) in [7, 11) is 0. The van der Waals surface area contributed by atoms with Gasteiger partial charge in [-0.3, -0.25) is 0 Å². The van der Waals surface area contributed by atoms with Gasteiger partial charge in [0.05, 0.1) is 5.52 Å². The molecule has 1 radical (unpaired) electrons. The molecule has 0 unspecified atom stereocenters. The normalized spacial score (nSPS) is 11.3. The summed E-state index contributed by atoms with van der Waals surface area (Å²) in [5.41, 5.74) is 4.92. The Morgan fingerprint density at radius 3 is 2.89 bits per heavy atom. The van der Waals surface area contributed by atoms with Crippen molar-refractivity contribution in [3.63, 3.8) is 0 Å². The quantitative estimate of drug-likeness (QED) is 0.543. The van der Waals surface area contributed by atoms with Gasteiger partial charge < -0.3 is 9.40 Å². The highest BCUT2D eigenvalue weighted by molar-refractivity contribution is 6.01. The van der Waals surface area contributed by atoms with Crippen molar-refractivity contribution >= 4 is 22.0 Å². The van der Waals surface area contributed by atoms with Crippen LogP contribution in [0.25, 0.3) is 33.1 Å². The minimum atomic E-state index is 0.760. The minimum absolute atomic E-state index is 0.760. The smallest absolute Gasteiger partial charge is 0.284 e. The van der Waals surface area contributed by atoms with Crippen molar-refractivity contribution < 1.29 is 4.42 Å². The molecule has 4 aromatic rings. The number of fused-ring (bicyclic) bond motifs is 2. The molecule has 2 aromatic carbocycles. The fraction of sp³-hybridized carbons (Fsp3) is 0. The SMILES string of the molecule is [c]1nc2c(-c3cccc4cc[nH]c34)cccc2o1. The van der Waals surface area contributed by atoms with Crippen molar-refractivity contribution in [2.45, 2.75) is 0 Å². The zero-order valence-corrected chi connectivity index (χ0v) is 9.47. The number of para-hydroxylation sites is 2. The van der Waals surface area contributed by atoms with Crippen LogP contribution in [0.2, 0.25) is 0 Å². The molecule has 3 nitrogen and oxygen atoms in total. The zero-order valence-electron chi connectivity index (χ0n) is 9.47. The van der Waals surface area contributed by atoms with E-state index in [2.05, 4.69) is 34.6 Å². The first-order chi connectivity index (χ1) is 8.93. The third kappa shape index (κ3) is 1.21. The number of benzene rings is 2. The zero-order chi connectivity index (χ0) is 11.9. The van der Waals surface area contributed by atoms with Crippen LogP contribution in [-0.4, -0.2) is 9.97 Å². The minimum Gasteiger partial charge on any atom is -0.432 e. The second kappa shape index (κ2) is 3.47. The van der Waals surface area contributed by atoms with Crippen molar-refractivity contribution in [3.8, 4) is 11.1 Å². The van der Waals surface area contributed by atoms with E-state index in [1.807, 2.05) is 30.5 Å². The fourth-order valence-electron chi connectivity index (χ4n) is 2.36. The first-order valence-corrected chi connectivity index (χ1v) is 5.75. The van der Waals surface area contributed by atoms with Gasteiger partial charge >= 0.3 is 0 Å². The largest absolute Gasteiger partial charge is 0.432 e. The van der Waals surface area contributed by atoms with Crippen LogP contribution in [0.4, 0.5) is 0 Å². The Labute approximate surface area is 103 Å². The Bertz CT molecular complexity index is 770. The summed E-state index contributed by atoms with van der Waals surface area (Å²) in [6, 6.07) is 14.2. The van der Waals surface area contributed by atoms with Gasteiger partial charge in [-0.2, -0.15) is 0 Å². The lowest BCUT2D eigenvalue weighted by atomic mass is 10.0. The highest BCUT2D eigenvalue weighted by atomic mass is 16.3. The standard InChI is InChI=1S/C15H9N2O/c1-3-10-7-8-16-14(10)11(4-1)12-5-2-6-13-15(12)17-9-18-13/h1-8,16H. The van der Waals surface area contributed by atoms with E-state index in [0.717, 1.165) is 27.7 Å². The van der Waals surface area contributed by atoms with Gasteiger partial charge in [-0.15, -0.1) is 0 Å². The molecule has 0 spiro atoms. The van der Waals surface area contributed by atoms with Crippen LogP contribution in [0.3, 0.4) is 0 Å². The average molecular weight is 233 g/mol. The van der Waals surface area contributed by atoms with Crippen molar-refractivity contribution in [1.82, 2.24) is 9.97 Å². The first-order valence-electron chi connectivity index (χ1n) is 5.75. The summed E-state index contributed by atoms with van der Waals surface area (Å²) < 4.78 is 5.23. The average Bonchev–Trinajstić information content (AvgIpc) is 3.06. The van der Waals surface area contributed by atoms with Crippen LogP contribution in [0.1, 0.15) is 0 Å². The first kappa shape index (κ1) is 9.48. The van der Waals surface area contributed by atoms with Crippen LogP contribution in [-0.2, 0) is 0 Å². The van der Waals surface area contributed by atoms with E-state index in [1.54, 1.807) is 0 Å². The number of nitrogens with zero attached hydrogens (tertiary/aromatic N) is 1. The Morgan fingerprint density at radius 2 is 1.89 bits per heavy atom. The molecule has 2 aromatic heterocycles. The number of hydrogen-bond donors (Lipinski definition) is 1. The van der Waals surface area contributed by atoms with Gasteiger partial charge in [0.25, 0.3) is 6.39 Å². The summed E-state index contributed by atoms with van der Waals surface area (Å²) >= 11 is 0. The highest BCUT2D eigenvalue weighted by Crippen LogP contribution is 2.32. The molecule has 0 aliphatic heterocycles. The molecule has 85 valence electrons. The predicted molar refractivity (Wildman–Crippen MR) is 70.1 cm³/mol. The van der Waals surface area contributed by atoms with Gasteiger partial charge in [-0.25, -0.2) is 4.98 Å². The third-order valence-electron chi connectivity index (χ3n) is 3.19. The number of H-pyrrole nitrogens is 1. The monoisotopic (exact) mass is 233 g/mol. The Balaban J connectivity index is 2.13. The number of aromatic amines is 1. The van der Waals surface area contributed by atoms with Gasteiger partial charge in [0.2, 0.25) is 0 Å². The van der Waals surface area contributed by atoms with E-state index >= 15 is 0 Å². The number of nitrogens with one attached hydrogen (secondary N) is 1. The molecule has 0 aliphatic carbocycles. The van der Waals surface area contributed by atoms with Crippen LogP contribution in [0.5, 0.6) is 0 Å². The molecule has 0 saturated heterocycles. The van der Waals surface area contributed by atoms with Crippen LogP contribution >= 0.6 is 0 Å². The number of hydrogen-bond acceptors (Lipinski definition) is 2. The van der Waals surface area contributed by atoms with Gasteiger partial charge in [0, 0.05) is 17.3 Å². The van der Waals surface area contributed by atoms with Crippen LogP contribution < -0.4 is 0 Å². The van der Waals surface area contributed by atoms with E-state index in [1.165, 1.54) is 5.39 Å². The lowest BCUT2D eigenvalue weighted by molar-refractivity contribution is 0.591. The molecule has 0 bridgehead atoms. The van der Waals surface area contributed by atoms with E-state index in [-0.39, 0.29) is 0 Å². The number of oxazole rings is 1. The van der Waals surface area contributed by atoms with Crippen molar-refractivity contribution in [2.24, 2.45) is 0 Å². The Hall–Kier alpha value is -2.55. The molecule has 3 heteroatoms. The van der Waals surface area contributed by atoms with Gasteiger partial charge in [-0.1, -0.05) is 30.3 Å². The van der Waals surface area contributed by atoms with Crippen molar-refractivity contribution in [1.29, 1.82) is 0 Å². The van der Waals surface area contributed by atoms with Crippen molar-refractivity contribution in [3.05, 3.63) is 55.1 Å². The van der Waals surface area contributed by atoms with Crippen LogP contribution in [0, 0.1) is 6.39 Å². The van der Waals surface area contributed by atoms with E-state index < -0.39 is 0 Å². The second-order valence-corrected chi connectivity index (χ2v) is 4.20. The maximum Gasteiger partial charge on any atom is 0.284 e. The molecule has 0 aliphatic rings. The molecular weight excluding hydrogens is 224 g/mol. The summed E-state index contributed by atoms with van der Waals surface area (Å²) in [5.74, 6) is 0. The maximum absolute atomic E-state index is 5.23. The molecule has 0 amide bonds. The molecule has 18 heavy (non-hydrogen) atoms. The molecule has 0 atom stereocenters. The fourth-order valence-corrected chi connectivity index (χ4v) is 2.36. The molecule has 4 rings (SSSR count). The number of aromatic nitrogens is 2. The summed E-state index contributed by atoms with van der Waals surface area (Å²) in [6.45, 7) is 0. The van der Waals surface area contributed by atoms with Gasteiger partial charge in [-0.05, 0) is 17.5 Å². The second-order valence-electron chi connectivity index (χ2n) is 4.20. The summed E-state index contributed by atoms with van der Waals surface area (Å²) in [5, 5.41) is 1.19. The van der Waals surface area contributed by atoms with Crippen LogP contribution in [0.15, 0.2) is 53.1 Å². The molecule has 0 saturated carbocycles. The van der Waals surface area contributed by atoms with Gasteiger partial charge in [0.15, 0.2) is 5.58 Å². The number of rotatable bonds is 1. The third-order valence-corrected chi connectivity index (χ3v) is 3.19. The van der Waals surface area contributed by atoms with E-state index in [9.17, 15) is 0 Å². The molecule has 0 fully saturated rings. The predicted octanol–water partition coefficient (Wildman–Crippen LogP) is 3.78. The van der Waals surface area contributed by atoms with E-state index in [4.69, 9.17) is 4.42 Å². The van der Waals surface area contributed by atoms with Gasteiger partial charge in [0.1, 0.15) is 5.52 Å². The Kier molecular flexibility index (Phi) is 1.83. The summed E-state index contributed by atoms with van der Waals surface area (Å²) in [4.78, 5) is 7.46. The molecule has 1 N–H and O–H groups in total. The van der Waals surface area contributed by atoms with E-state index in [0.29, 0.717) is 0 Å².